The number of hydrogen-bond acceptors (Lipinski definition) is 2. The molecule has 0 aliphatic heterocycles. The number of rotatable bonds is 3. The van der Waals surface area contributed by atoms with Gasteiger partial charge >= 0.3 is 6.18 Å². The Kier molecular flexibility index (Phi) is 3.51. The second-order valence-corrected chi connectivity index (χ2v) is 5.41. The number of aromatic nitrogens is 2. The van der Waals surface area contributed by atoms with Gasteiger partial charge in [0.2, 0.25) is 5.95 Å². The quantitative estimate of drug-likeness (QED) is 0.684. The molecule has 2 aromatic rings. The largest absolute Gasteiger partial charge is 0.416 e. The van der Waals surface area contributed by atoms with E-state index in [4.69, 9.17) is 11.6 Å². The van der Waals surface area contributed by atoms with Crippen molar-refractivity contribution in [3.8, 4) is 0 Å². The smallest absolute Gasteiger partial charge is 0.307 e. The Labute approximate surface area is 127 Å². The van der Waals surface area contributed by atoms with Crippen LogP contribution in [-0.2, 0) is 11.0 Å². The van der Waals surface area contributed by atoms with Crippen LogP contribution in [-0.4, -0.2) is 21.1 Å². The highest BCUT2D eigenvalue weighted by atomic mass is 35.5. The van der Waals surface area contributed by atoms with Crippen LogP contribution < -0.4 is 5.32 Å². The number of fused-ring (bicyclic) bond motifs is 1. The van der Waals surface area contributed by atoms with Crippen LogP contribution in [0.3, 0.4) is 0 Å². The summed E-state index contributed by atoms with van der Waals surface area (Å²) in [7, 11) is 0. The van der Waals surface area contributed by atoms with Gasteiger partial charge in [-0.05, 0) is 31.0 Å². The van der Waals surface area contributed by atoms with Crippen LogP contribution >= 0.6 is 11.6 Å². The molecule has 1 unspecified atom stereocenters. The molecule has 0 spiro atoms. The molecule has 1 aliphatic rings. The number of hydrogen-bond donors (Lipinski definition) is 1. The first kappa shape index (κ1) is 15.1. The lowest BCUT2D eigenvalue weighted by atomic mass is 10.2. The van der Waals surface area contributed by atoms with Crippen molar-refractivity contribution in [2.75, 3.05) is 5.32 Å². The van der Waals surface area contributed by atoms with Crippen LogP contribution in [0, 0.1) is 0 Å². The number of nitrogens with zero attached hydrogens (tertiary/aromatic N) is 2. The zero-order chi connectivity index (χ0) is 16.1. The minimum atomic E-state index is -4.48. The molecule has 0 bridgehead atoms. The molecule has 1 fully saturated rings. The normalized spacial score (nSPS) is 16.8. The lowest BCUT2D eigenvalue weighted by Crippen LogP contribution is -2.21. The van der Waals surface area contributed by atoms with Crippen molar-refractivity contribution in [2.45, 2.75) is 30.7 Å². The lowest BCUT2D eigenvalue weighted by molar-refractivity contribution is -0.137. The molecule has 1 N–H and O–H groups in total. The molecule has 9 heteroatoms. The first-order chi connectivity index (χ1) is 10.3. The van der Waals surface area contributed by atoms with Gasteiger partial charge in [0.05, 0.1) is 16.6 Å². The number of anilines is 1. The van der Waals surface area contributed by atoms with E-state index in [9.17, 15) is 22.4 Å². The van der Waals surface area contributed by atoms with Gasteiger partial charge in [0.1, 0.15) is 0 Å². The third-order valence-electron chi connectivity index (χ3n) is 3.36. The summed E-state index contributed by atoms with van der Waals surface area (Å²) in [5.41, 5.74) is -2.55. The Hall–Kier alpha value is -1.83. The van der Waals surface area contributed by atoms with Crippen molar-refractivity contribution in [1.29, 1.82) is 0 Å². The summed E-state index contributed by atoms with van der Waals surface area (Å²) >= 11 is 5.04. The Morgan fingerprint density at radius 3 is 2.64 bits per heavy atom. The molecule has 1 heterocycles. The van der Waals surface area contributed by atoms with Crippen molar-refractivity contribution >= 4 is 34.5 Å². The predicted octanol–water partition coefficient (Wildman–Crippen LogP) is 3.86. The zero-order valence-electron chi connectivity index (χ0n) is 11.0. The van der Waals surface area contributed by atoms with E-state index in [1.165, 1.54) is 6.07 Å². The highest BCUT2D eigenvalue weighted by Crippen LogP contribution is 2.41. The van der Waals surface area contributed by atoms with E-state index < -0.39 is 23.3 Å². The van der Waals surface area contributed by atoms with Gasteiger partial charge < -0.3 is 4.57 Å². The van der Waals surface area contributed by atoms with E-state index in [0.717, 1.165) is 25.0 Å². The molecule has 4 nitrogen and oxygen atoms in total. The van der Waals surface area contributed by atoms with Gasteiger partial charge in [0.15, 0.2) is 0 Å². The second-order valence-electron chi connectivity index (χ2n) is 5.03. The fraction of sp³-hybridized carbons (Fsp3) is 0.385. The van der Waals surface area contributed by atoms with Crippen LogP contribution in [0.25, 0.3) is 11.0 Å². The summed E-state index contributed by atoms with van der Waals surface area (Å²) in [5.74, 6) is -1.10. The highest BCUT2D eigenvalue weighted by molar-refractivity contribution is 6.31. The van der Waals surface area contributed by atoms with E-state index >= 15 is 0 Å². The first-order valence-corrected chi connectivity index (χ1v) is 6.89. The topological polar surface area (TPSA) is 46.9 Å². The Balaban J connectivity index is 2.07. The standard InChI is InChI=1S/C13H10ClF4N3O/c14-10(15)11(22)20-12-19-8-5-6(13(16,17)18)1-4-9(8)21(12)7-2-3-7/h1,4-5,7,10H,2-3H2,(H,19,20,22). The van der Waals surface area contributed by atoms with Gasteiger partial charge in [0, 0.05) is 6.04 Å². The van der Waals surface area contributed by atoms with E-state index in [-0.39, 0.29) is 17.5 Å². The molecular weight excluding hydrogens is 326 g/mol. The van der Waals surface area contributed by atoms with Gasteiger partial charge in [-0.3, -0.25) is 10.1 Å². The number of alkyl halides is 5. The molecule has 0 radical (unpaired) electrons. The number of halogens is 5. The maximum Gasteiger partial charge on any atom is 0.416 e. The fourth-order valence-corrected chi connectivity index (χ4v) is 2.28. The van der Waals surface area contributed by atoms with Crippen LogP contribution in [0.4, 0.5) is 23.5 Å². The molecule has 1 aliphatic carbocycles. The first-order valence-electron chi connectivity index (χ1n) is 6.45. The molecule has 3 rings (SSSR count). The number of carbonyl (C=O) groups is 1. The SMILES string of the molecule is O=C(Nc1nc2cc(C(F)(F)F)ccc2n1C1CC1)C(F)Cl. The molecule has 1 aromatic carbocycles. The van der Waals surface area contributed by atoms with E-state index in [1.54, 1.807) is 4.57 Å². The predicted molar refractivity (Wildman–Crippen MR) is 72.4 cm³/mol. The monoisotopic (exact) mass is 335 g/mol. The maximum absolute atomic E-state index is 12.8. The molecule has 1 aromatic heterocycles. The molecule has 118 valence electrons. The van der Waals surface area contributed by atoms with Crippen LogP contribution in [0.15, 0.2) is 18.2 Å². The third-order valence-corrected chi connectivity index (χ3v) is 3.56. The summed E-state index contributed by atoms with van der Waals surface area (Å²) in [4.78, 5) is 15.3. The van der Waals surface area contributed by atoms with Crippen molar-refractivity contribution in [2.24, 2.45) is 0 Å². The average molecular weight is 336 g/mol. The fourth-order valence-electron chi connectivity index (χ4n) is 2.23. The second kappa shape index (κ2) is 5.12. The molecular formula is C13H10ClF4N3O. The van der Waals surface area contributed by atoms with Crippen molar-refractivity contribution in [1.82, 2.24) is 9.55 Å². The molecule has 1 amide bonds. The van der Waals surface area contributed by atoms with Crippen LogP contribution in [0.2, 0.25) is 0 Å². The molecule has 1 saturated carbocycles. The van der Waals surface area contributed by atoms with Gasteiger partial charge in [-0.1, -0.05) is 11.6 Å². The number of amides is 1. The summed E-state index contributed by atoms with van der Waals surface area (Å²) < 4.78 is 52.6. The third kappa shape index (κ3) is 2.75. The van der Waals surface area contributed by atoms with Gasteiger partial charge in [-0.25, -0.2) is 9.37 Å². The number of imidazole rings is 1. The van der Waals surface area contributed by atoms with Crippen molar-refractivity contribution in [3.05, 3.63) is 23.8 Å². The van der Waals surface area contributed by atoms with Crippen molar-refractivity contribution in [3.63, 3.8) is 0 Å². The van der Waals surface area contributed by atoms with Gasteiger partial charge in [-0.2, -0.15) is 13.2 Å². The Morgan fingerprint density at radius 2 is 2.09 bits per heavy atom. The summed E-state index contributed by atoms with van der Waals surface area (Å²) in [6, 6.07) is 3.18. The van der Waals surface area contributed by atoms with Gasteiger partial charge in [0.25, 0.3) is 11.5 Å². The van der Waals surface area contributed by atoms with E-state index in [0.29, 0.717) is 5.52 Å². The summed E-state index contributed by atoms with van der Waals surface area (Å²) in [5, 5.41) is 2.20. The minimum absolute atomic E-state index is 0.00474. The number of carbonyl (C=O) groups excluding carboxylic acids is 1. The van der Waals surface area contributed by atoms with Gasteiger partial charge in [-0.15, -0.1) is 0 Å². The summed E-state index contributed by atoms with van der Waals surface area (Å²) in [6.07, 6.45) is -2.86. The molecule has 22 heavy (non-hydrogen) atoms. The average Bonchev–Trinajstić information content (AvgIpc) is 3.18. The lowest BCUT2D eigenvalue weighted by Gasteiger charge is -2.09. The summed E-state index contributed by atoms with van der Waals surface area (Å²) in [6.45, 7) is 0. The van der Waals surface area contributed by atoms with E-state index in [2.05, 4.69) is 10.3 Å². The van der Waals surface area contributed by atoms with Crippen LogP contribution in [0.1, 0.15) is 24.4 Å². The Bertz CT molecular complexity index is 737. The number of nitrogens with one attached hydrogen (secondary N) is 1. The minimum Gasteiger partial charge on any atom is -0.307 e. The Morgan fingerprint density at radius 1 is 1.41 bits per heavy atom. The van der Waals surface area contributed by atoms with E-state index in [1.807, 2.05) is 0 Å². The number of benzene rings is 1. The molecule has 1 atom stereocenters. The zero-order valence-corrected chi connectivity index (χ0v) is 11.7. The maximum atomic E-state index is 12.8. The molecule has 0 saturated heterocycles. The van der Waals surface area contributed by atoms with Crippen LogP contribution in [0.5, 0.6) is 0 Å². The highest BCUT2D eigenvalue weighted by Gasteiger charge is 2.33. The van der Waals surface area contributed by atoms with Crippen molar-refractivity contribution < 1.29 is 22.4 Å².